The van der Waals surface area contributed by atoms with Gasteiger partial charge in [-0.2, -0.15) is 0 Å². The van der Waals surface area contributed by atoms with Gasteiger partial charge in [-0.1, -0.05) is 36.4 Å². The van der Waals surface area contributed by atoms with Crippen molar-refractivity contribution in [2.24, 2.45) is 0 Å². The van der Waals surface area contributed by atoms with Crippen molar-refractivity contribution in [3.05, 3.63) is 64.5 Å². The quantitative estimate of drug-likeness (QED) is 0.608. The van der Waals surface area contributed by atoms with Crippen LogP contribution in [0.4, 0.5) is 0 Å². The molecule has 0 aliphatic heterocycles. The Balaban J connectivity index is 1.96. The highest BCUT2D eigenvalue weighted by Crippen LogP contribution is 2.32. The van der Waals surface area contributed by atoms with Crippen LogP contribution in [-0.4, -0.2) is 20.6 Å². The Labute approximate surface area is 146 Å². The molecule has 0 amide bonds. The average Bonchev–Trinajstić information content (AvgIpc) is 3.06. The molecule has 0 unspecified atom stereocenters. The zero-order valence-electron chi connectivity index (χ0n) is 13.3. The topological polar surface area (TPSA) is 72.2 Å². The van der Waals surface area contributed by atoms with Gasteiger partial charge in [0.05, 0.1) is 11.7 Å². The summed E-state index contributed by atoms with van der Waals surface area (Å²) in [6.45, 7) is 1.47. The van der Waals surface area contributed by atoms with Crippen molar-refractivity contribution in [2.75, 3.05) is 0 Å². The van der Waals surface area contributed by atoms with Gasteiger partial charge in [0.25, 0.3) is 5.56 Å². The second kappa shape index (κ2) is 5.82. The van der Waals surface area contributed by atoms with Crippen LogP contribution < -0.4 is 5.56 Å². The van der Waals surface area contributed by atoms with E-state index in [1.807, 2.05) is 47.8 Å². The molecule has 2 aromatic carbocycles. The van der Waals surface area contributed by atoms with Gasteiger partial charge in [0.1, 0.15) is 10.9 Å². The summed E-state index contributed by atoms with van der Waals surface area (Å²) in [5.74, 6) is -1.06. The number of hydrogen-bond acceptors (Lipinski definition) is 4. The van der Waals surface area contributed by atoms with Crippen molar-refractivity contribution in [3.8, 4) is 11.1 Å². The predicted molar refractivity (Wildman–Crippen MR) is 99.2 cm³/mol. The summed E-state index contributed by atoms with van der Waals surface area (Å²) in [6.07, 6.45) is 1.31. The van der Waals surface area contributed by atoms with Crippen molar-refractivity contribution >= 4 is 38.3 Å². The lowest BCUT2D eigenvalue weighted by molar-refractivity contribution is -0.140. The van der Waals surface area contributed by atoms with E-state index in [4.69, 9.17) is 0 Å². The van der Waals surface area contributed by atoms with E-state index >= 15 is 0 Å². The molecule has 0 saturated heterocycles. The van der Waals surface area contributed by atoms with Crippen LogP contribution in [0.1, 0.15) is 13.0 Å². The fraction of sp³-hybridized carbons (Fsp3) is 0.105. The van der Waals surface area contributed by atoms with Crippen LogP contribution in [-0.2, 0) is 4.79 Å². The van der Waals surface area contributed by atoms with Crippen LogP contribution in [0, 0.1) is 0 Å². The largest absolute Gasteiger partial charge is 0.480 e. The minimum Gasteiger partial charge on any atom is -0.480 e. The molecule has 124 valence electrons. The van der Waals surface area contributed by atoms with Crippen molar-refractivity contribution in [1.29, 1.82) is 0 Å². The molecule has 0 aliphatic carbocycles. The molecular weight excluding hydrogens is 336 g/mol. The molecule has 4 aromatic rings. The molecule has 25 heavy (non-hydrogen) atoms. The van der Waals surface area contributed by atoms with E-state index in [1.54, 1.807) is 0 Å². The standard InChI is InChI=1S/C19H14N2O3S/c1-11(19(23)24)21-10-20-17-16(18(21)22)15(9-25-17)14-7-6-12-4-2-3-5-13(12)8-14/h2-11H,1H3,(H,23,24)/t11-/m0/s1. The predicted octanol–water partition coefficient (Wildman–Crippen LogP) is 3.92. The van der Waals surface area contributed by atoms with Crippen LogP contribution >= 0.6 is 11.3 Å². The highest BCUT2D eigenvalue weighted by Gasteiger charge is 2.19. The van der Waals surface area contributed by atoms with Crippen LogP contribution in [0.2, 0.25) is 0 Å². The second-order valence-corrected chi connectivity index (χ2v) is 6.72. The monoisotopic (exact) mass is 350 g/mol. The number of nitrogens with zero attached hydrogens (tertiary/aromatic N) is 2. The zero-order chi connectivity index (χ0) is 17.6. The van der Waals surface area contributed by atoms with Crippen LogP contribution in [0.5, 0.6) is 0 Å². The zero-order valence-corrected chi connectivity index (χ0v) is 14.2. The van der Waals surface area contributed by atoms with Gasteiger partial charge in [0, 0.05) is 10.9 Å². The Morgan fingerprint density at radius 2 is 1.96 bits per heavy atom. The van der Waals surface area contributed by atoms with Gasteiger partial charge < -0.3 is 5.11 Å². The smallest absolute Gasteiger partial charge is 0.326 e. The lowest BCUT2D eigenvalue weighted by Gasteiger charge is -2.10. The summed E-state index contributed by atoms with van der Waals surface area (Å²) in [4.78, 5) is 29.0. The Hall–Kier alpha value is -2.99. The Morgan fingerprint density at radius 1 is 1.20 bits per heavy atom. The van der Waals surface area contributed by atoms with E-state index in [1.165, 1.54) is 29.2 Å². The van der Waals surface area contributed by atoms with Crippen molar-refractivity contribution in [2.45, 2.75) is 13.0 Å². The molecule has 0 saturated carbocycles. The van der Waals surface area contributed by atoms with Crippen molar-refractivity contribution in [1.82, 2.24) is 9.55 Å². The van der Waals surface area contributed by atoms with Gasteiger partial charge in [-0.3, -0.25) is 9.36 Å². The first-order valence-electron chi connectivity index (χ1n) is 7.76. The normalized spacial score (nSPS) is 12.5. The number of carbonyl (C=O) groups is 1. The molecule has 0 bridgehead atoms. The van der Waals surface area contributed by atoms with E-state index in [9.17, 15) is 14.7 Å². The molecule has 1 atom stereocenters. The lowest BCUT2D eigenvalue weighted by atomic mass is 10.0. The maximum absolute atomic E-state index is 12.9. The molecule has 1 N–H and O–H groups in total. The van der Waals surface area contributed by atoms with E-state index in [2.05, 4.69) is 4.98 Å². The molecule has 0 fully saturated rings. The Kier molecular flexibility index (Phi) is 3.62. The fourth-order valence-electron chi connectivity index (χ4n) is 2.91. The molecule has 4 rings (SSSR count). The molecular formula is C19H14N2O3S. The van der Waals surface area contributed by atoms with E-state index in [0.29, 0.717) is 10.2 Å². The first-order chi connectivity index (χ1) is 12.1. The maximum Gasteiger partial charge on any atom is 0.326 e. The van der Waals surface area contributed by atoms with Crippen molar-refractivity contribution in [3.63, 3.8) is 0 Å². The number of aromatic nitrogens is 2. The number of fused-ring (bicyclic) bond motifs is 2. The van der Waals surface area contributed by atoms with Gasteiger partial charge in [-0.15, -0.1) is 11.3 Å². The molecule has 0 aliphatic rings. The van der Waals surface area contributed by atoms with Gasteiger partial charge in [-0.05, 0) is 29.3 Å². The first-order valence-corrected chi connectivity index (χ1v) is 8.64. The summed E-state index contributed by atoms with van der Waals surface area (Å²) < 4.78 is 1.17. The van der Waals surface area contributed by atoms with E-state index in [-0.39, 0.29) is 5.56 Å². The third-order valence-corrected chi connectivity index (χ3v) is 5.24. The summed E-state index contributed by atoms with van der Waals surface area (Å²) in [5, 5.41) is 13.8. The molecule has 2 heterocycles. The van der Waals surface area contributed by atoms with Gasteiger partial charge >= 0.3 is 5.97 Å². The van der Waals surface area contributed by atoms with Crippen LogP contribution in [0.3, 0.4) is 0 Å². The van der Waals surface area contributed by atoms with Gasteiger partial charge in [0.15, 0.2) is 0 Å². The van der Waals surface area contributed by atoms with Gasteiger partial charge in [-0.25, -0.2) is 9.78 Å². The van der Waals surface area contributed by atoms with Crippen LogP contribution in [0.25, 0.3) is 32.1 Å². The highest BCUT2D eigenvalue weighted by atomic mass is 32.1. The molecule has 0 radical (unpaired) electrons. The molecule has 6 heteroatoms. The maximum atomic E-state index is 12.9. The summed E-state index contributed by atoms with van der Waals surface area (Å²) >= 11 is 1.39. The number of thiophene rings is 1. The average molecular weight is 350 g/mol. The Morgan fingerprint density at radius 3 is 2.72 bits per heavy atom. The third kappa shape index (κ3) is 2.51. The SMILES string of the molecule is C[C@@H](C(=O)O)n1cnc2scc(-c3ccc4ccccc4c3)c2c1=O. The summed E-state index contributed by atoms with van der Waals surface area (Å²) in [7, 11) is 0. The third-order valence-electron chi connectivity index (χ3n) is 4.35. The molecule has 2 aromatic heterocycles. The minimum atomic E-state index is -1.06. The number of aliphatic carboxylic acids is 1. The van der Waals surface area contributed by atoms with E-state index in [0.717, 1.165) is 21.9 Å². The fourth-order valence-corrected chi connectivity index (χ4v) is 3.82. The number of carboxylic acids is 1. The van der Waals surface area contributed by atoms with Gasteiger partial charge in [0.2, 0.25) is 0 Å². The molecule has 0 spiro atoms. The minimum absolute atomic E-state index is 0.329. The summed E-state index contributed by atoms with van der Waals surface area (Å²) in [6, 6.07) is 13.1. The Bertz CT molecular complexity index is 1180. The van der Waals surface area contributed by atoms with E-state index < -0.39 is 12.0 Å². The number of benzene rings is 2. The highest BCUT2D eigenvalue weighted by molar-refractivity contribution is 7.17. The second-order valence-electron chi connectivity index (χ2n) is 5.86. The molecule has 5 nitrogen and oxygen atoms in total. The number of rotatable bonds is 3. The van der Waals surface area contributed by atoms with Crippen LogP contribution in [0.15, 0.2) is 59.0 Å². The first kappa shape index (κ1) is 15.5. The number of carboxylic acid groups (broad SMARTS) is 1. The summed E-state index contributed by atoms with van der Waals surface area (Å²) in [5.41, 5.74) is 1.38. The lowest BCUT2D eigenvalue weighted by Crippen LogP contribution is -2.28. The van der Waals surface area contributed by atoms with Crippen molar-refractivity contribution < 1.29 is 9.90 Å². The number of hydrogen-bond donors (Lipinski definition) is 1.